The molecule has 2 fully saturated rings. The minimum atomic E-state index is -4.67. The fourth-order valence-corrected chi connectivity index (χ4v) is 5.26. The standard InChI is InChI=1S/C12H18F3N5O2S/c13-12(14,15)11-8(9-7-10(16)18-17-9)3-6-20(11)23(21,22)19-4-1-2-5-19/h7-8,11H,1-6H2,(H3,16,17,18). The summed E-state index contributed by atoms with van der Waals surface area (Å²) in [5.74, 6) is -0.945. The molecule has 3 rings (SSSR count). The number of nitrogens with two attached hydrogens (primary N) is 1. The normalized spacial score (nSPS) is 27.8. The number of halogens is 3. The predicted molar refractivity (Wildman–Crippen MR) is 76.6 cm³/mol. The molecule has 0 aliphatic carbocycles. The van der Waals surface area contributed by atoms with Crippen LogP contribution in [-0.2, 0) is 10.2 Å². The van der Waals surface area contributed by atoms with Gasteiger partial charge in [0.15, 0.2) is 0 Å². The van der Waals surface area contributed by atoms with Crippen LogP contribution in [-0.4, -0.2) is 59.1 Å². The Kier molecular flexibility index (Phi) is 4.05. The van der Waals surface area contributed by atoms with E-state index in [1.165, 1.54) is 6.07 Å². The molecule has 2 aliphatic rings. The third-order valence-corrected chi connectivity index (χ3v) is 6.41. The molecule has 3 heterocycles. The van der Waals surface area contributed by atoms with Crippen molar-refractivity contribution in [1.82, 2.24) is 18.8 Å². The molecule has 1 aromatic heterocycles. The van der Waals surface area contributed by atoms with Crippen molar-refractivity contribution < 1.29 is 21.6 Å². The summed E-state index contributed by atoms with van der Waals surface area (Å²) in [5.41, 5.74) is 5.67. The molecule has 0 spiro atoms. The maximum atomic E-state index is 13.6. The molecule has 2 aliphatic heterocycles. The quantitative estimate of drug-likeness (QED) is 0.849. The number of H-pyrrole nitrogens is 1. The van der Waals surface area contributed by atoms with E-state index in [1.807, 2.05) is 0 Å². The van der Waals surface area contributed by atoms with E-state index in [0.29, 0.717) is 17.1 Å². The van der Waals surface area contributed by atoms with Crippen LogP contribution in [0.5, 0.6) is 0 Å². The molecule has 1 aromatic rings. The first-order valence-corrected chi connectivity index (χ1v) is 8.75. The van der Waals surface area contributed by atoms with Crippen molar-refractivity contribution in [1.29, 1.82) is 0 Å². The smallest absolute Gasteiger partial charge is 0.382 e. The second-order valence-electron chi connectivity index (χ2n) is 5.85. The molecular formula is C12H18F3N5O2S. The number of aromatic amines is 1. The van der Waals surface area contributed by atoms with Gasteiger partial charge in [-0.25, -0.2) is 0 Å². The minimum absolute atomic E-state index is 0.0683. The average Bonchev–Trinajstić information content (AvgIpc) is 3.17. The highest BCUT2D eigenvalue weighted by atomic mass is 32.2. The first kappa shape index (κ1) is 16.5. The Bertz CT molecular complexity index is 668. The third kappa shape index (κ3) is 2.92. The van der Waals surface area contributed by atoms with E-state index < -0.39 is 28.3 Å². The molecule has 11 heteroatoms. The summed E-state index contributed by atoms with van der Waals surface area (Å²) in [6.07, 6.45) is -3.26. The van der Waals surface area contributed by atoms with Crippen LogP contribution in [0.4, 0.5) is 19.0 Å². The molecule has 2 saturated heterocycles. The largest absolute Gasteiger partial charge is 0.405 e. The van der Waals surface area contributed by atoms with Gasteiger partial charge in [0.2, 0.25) is 0 Å². The minimum Gasteiger partial charge on any atom is -0.382 e. The van der Waals surface area contributed by atoms with Gasteiger partial charge in [-0.15, -0.1) is 0 Å². The van der Waals surface area contributed by atoms with Crippen LogP contribution in [0.25, 0.3) is 0 Å². The number of hydrogen-bond donors (Lipinski definition) is 2. The molecule has 2 atom stereocenters. The lowest BCUT2D eigenvalue weighted by atomic mass is 9.96. The van der Waals surface area contributed by atoms with Crippen LogP contribution in [0.3, 0.4) is 0 Å². The van der Waals surface area contributed by atoms with Gasteiger partial charge >= 0.3 is 6.18 Å². The fourth-order valence-electron chi connectivity index (χ4n) is 3.35. The van der Waals surface area contributed by atoms with Gasteiger partial charge in [0, 0.05) is 37.3 Å². The number of nitrogens with zero attached hydrogens (tertiary/aromatic N) is 3. The zero-order valence-corrected chi connectivity index (χ0v) is 13.1. The molecule has 3 N–H and O–H groups in total. The lowest BCUT2D eigenvalue weighted by Gasteiger charge is -2.31. The number of alkyl halides is 3. The van der Waals surface area contributed by atoms with Gasteiger partial charge in [-0.3, -0.25) is 5.10 Å². The lowest BCUT2D eigenvalue weighted by Crippen LogP contribution is -2.51. The molecule has 0 amide bonds. The average molecular weight is 353 g/mol. The van der Waals surface area contributed by atoms with E-state index in [1.54, 1.807) is 0 Å². The zero-order chi connectivity index (χ0) is 16.8. The molecular weight excluding hydrogens is 335 g/mol. The molecule has 0 aromatic carbocycles. The molecule has 0 saturated carbocycles. The third-order valence-electron chi connectivity index (χ3n) is 4.39. The molecule has 0 bridgehead atoms. The van der Waals surface area contributed by atoms with Gasteiger partial charge in [-0.1, -0.05) is 0 Å². The molecule has 130 valence electrons. The number of anilines is 1. The van der Waals surface area contributed by atoms with Crippen LogP contribution in [0.15, 0.2) is 6.07 Å². The van der Waals surface area contributed by atoms with Crippen molar-refractivity contribution in [2.75, 3.05) is 25.4 Å². The van der Waals surface area contributed by atoms with E-state index >= 15 is 0 Å². The second kappa shape index (κ2) is 5.64. The summed E-state index contributed by atoms with van der Waals surface area (Å²) in [6.45, 7) is 0.364. The number of hydrogen-bond acceptors (Lipinski definition) is 4. The molecule has 23 heavy (non-hydrogen) atoms. The Labute approximate surface area is 131 Å². The van der Waals surface area contributed by atoms with Crippen LogP contribution < -0.4 is 5.73 Å². The van der Waals surface area contributed by atoms with Gasteiger partial charge in [0.1, 0.15) is 11.9 Å². The van der Waals surface area contributed by atoms with E-state index in [2.05, 4.69) is 10.2 Å². The van der Waals surface area contributed by atoms with Gasteiger partial charge in [-0.2, -0.15) is 35.3 Å². The summed E-state index contributed by atoms with van der Waals surface area (Å²) in [5, 5.41) is 6.13. The topological polar surface area (TPSA) is 95.3 Å². The van der Waals surface area contributed by atoms with E-state index in [9.17, 15) is 21.6 Å². The lowest BCUT2D eigenvalue weighted by molar-refractivity contribution is -0.169. The highest BCUT2D eigenvalue weighted by molar-refractivity contribution is 7.86. The van der Waals surface area contributed by atoms with Crippen molar-refractivity contribution in [3.8, 4) is 0 Å². The van der Waals surface area contributed by atoms with Crippen molar-refractivity contribution in [3.05, 3.63) is 11.8 Å². The van der Waals surface area contributed by atoms with Crippen molar-refractivity contribution in [2.45, 2.75) is 37.4 Å². The summed E-state index contributed by atoms with van der Waals surface area (Å²) >= 11 is 0. The van der Waals surface area contributed by atoms with Crippen LogP contribution >= 0.6 is 0 Å². The maximum absolute atomic E-state index is 13.6. The Hall–Kier alpha value is -1.33. The SMILES string of the molecule is Nc1cc(C2CCN(S(=O)(=O)N3CCCC3)C2C(F)(F)F)[nH]n1. The van der Waals surface area contributed by atoms with Crippen LogP contribution in [0.1, 0.15) is 30.9 Å². The van der Waals surface area contributed by atoms with Gasteiger partial charge in [0.05, 0.1) is 0 Å². The summed E-state index contributed by atoms with van der Waals surface area (Å²) < 4.78 is 67.6. The first-order chi connectivity index (χ1) is 10.7. The number of aromatic nitrogens is 2. The Morgan fingerprint density at radius 3 is 2.43 bits per heavy atom. The molecule has 0 radical (unpaired) electrons. The second-order valence-corrected chi connectivity index (χ2v) is 7.74. The van der Waals surface area contributed by atoms with Crippen LogP contribution in [0, 0.1) is 0 Å². The van der Waals surface area contributed by atoms with Gasteiger partial charge in [0.25, 0.3) is 10.2 Å². The molecule has 7 nitrogen and oxygen atoms in total. The summed E-state index contributed by atoms with van der Waals surface area (Å²) in [4.78, 5) is 0. The van der Waals surface area contributed by atoms with E-state index in [0.717, 1.165) is 4.31 Å². The number of rotatable bonds is 3. The Morgan fingerprint density at radius 2 is 1.91 bits per heavy atom. The maximum Gasteiger partial charge on any atom is 0.405 e. The first-order valence-electron chi connectivity index (χ1n) is 7.35. The zero-order valence-electron chi connectivity index (χ0n) is 12.3. The molecule has 2 unspecified atom stereocenters. The van der Waals surface area contributed by atoms with Crippen LogP contribution in [0.2, 0.25) is 0 Å². The van der Waals surface area contributed by atoms with Gasteiger partial charge < -0.3 is 5.73 Å². The van der Waals surface area contributed by atoms with E-state index in [-0.39, 0.29) is 37.6 Å². The fraction of sp³-hybridized carbons (Fsp3) is 0.750. The predicted octanol–water partition coefficient (Wildman–Crippen LogP) is 1.05. The van der Waals surface area contributed by atoms with Crippen molar-refractivity contribution >= 4 is 16.0 Å². The Morgan fingerprint density at radius 1 is 1.26 bits per heavy atom. The monoisotopic (exact) mass is 353 g/mol. The van der Waals surface area contributed by atoms with Gasteiger partial charge in [-0.05, 0) is 19.3 Å². The van der Waals surface area contributed by atoms with E-state index in [4.69, 9.17) is 5.73 Å². The number of nitrogens with one attached hydrogen (secondary N) is 1. The summed E-state index contributed by atoms with van der Waals surface area (Å²) in [7, 11) is -4.12. The number of nitrogen functional groups attached to an aromatic ring is 1. The summed E-state index contributed by atoms with van der Waals surface area (Å²) in [6, 6.07) is -0.775. The highest BCUT2D eigenvalue weighted by Gasteiger charge is 2.57. The Balaban J connectivity index is 1.94. The van der Waals surface area contributed by atoms with Crippen molar-refractivity contribution in [3.63, 3.8) is 0 Å². The van der Waals surface area contributed by atoms with Crippen molar-refractivity contribution in [2.24, 2.45) is 0 Å². The highest BCUT2D eigenvalue weighted by Crippen LogP contribution is 2.44.